The zero-order chi connectivity index (χ0) is 22.6. The molecule has 1 atom stereocenters. The number of methoxy groups -OCH3 is 1. The van der Waals surface area contributed by atoms with Crippen molar-refractivity contribution in [2.75, 3.05) is 51.7 Å². The summed E-state index contributed by atoms with van der Waals surface area (Å²) in [6.45, 7) is 6.94. The number of ether oxygens (including phenoxy) is 1. The molecule has 4 rings (SSSR count). The van der Waals surface area contributed by atoms with Gasteiger partial charge in [0.1, 0.15) is 5.75 Å². The lowest BCUT2D eigenvalue weighted by atomic mass is 9.86. The van der Waals surface area contributed by atoms with Crippen molar-refractivity contribution in [3.63, 3.8) is 0 Å². The van der Waals surface area contributed by atoms with Gasteiger partial charge in [-0.05, 0) is 36.8 Å². The number of nitrogens with zero attached hydrogens (tertiary/aromatic N) is 3. The second kappa shape index (κ2) is 9.61. The average Bonchev–Trinajstić information content (AvgIpc) is 3.00. The minimum absolute atomic E-state index is 0.107. The number of benzene rings is 2. The molecule has 1 spiro atoms. The summed E-state index contributed by atoms with van der Waals surface area (Å²) in [5.74, 6) is 1.02. The highest BCUT2D eigenvalue weighted by atomic mass is 16.5. The van der Waals surface area contributed by atoms with Gasteiger partial charge in [-0.1, -0.05) is 30.3 Å². The van der Waals surface area contributed by atoms with Gasteiger partial charge < -0.3 is 19.9 Å². The summed E-state index contributed by atoms with van der Waals surface area (Å²) in [7, 11) is 1.67. The monoisotopic (exact) mass is 436 g/mol. The molecule has 2 aliphatic heterocycles. The number of carbonyl (C=O) groups is 2. The number of likely N-dealkylation sites (tertiary alicyclic amines) is 1. The molecule has 2 saturated heterocycles. The molecule has 170 valence electrons. The van der Waals surface area contributed by atoms with Crippen molar-refractivity contribution >= 4 is 17.6 Å². The summed E-state index contributed by atoms with van der Waals surface area (Å²) in [5, 5.41) is 3.02. The first-order valence-corrected chi connectivity index (χ1v) is 11.2. The van der Waals surface area contributed by atoms with Gasteiger partial charge in [-0.3, -0.25) is 9.69 Å². The van der Waals surface area contributed by atoms with Gasteiger partial charge in [0, 0.05) is 63.3 Å². The Kier molecular flexibility index (Phi) is 6.65. The SMILES string of the molecule is CCN1CC2(CC1=O)CN(Cc1ccc(OC)cc1)CCN(C(=O)Nc1ccccc1)C2. The molecule has 2 aliphatic rings. The van der Waals surface area contributed by atoms with Crippen LogP contribution in [-0.2, 0) is 11.3 Å². The van der Waals surface area contributed by atoms with Crippen molar-refractivity contribution < 1.29 is 14.3 Å². The summed E-state index contributed by atoms with van der Waals surface area (Å²) in [6, 6.07) is 17.5. The van der Waals surface area contributed by atoms with Crippen LogP contribution in [-0.4, -0.2) is 73.0 Å². The van der Waals surface area contributed by atoms with Gasteiger partial charge in [0.25, 0.3) is 0 Å². The molecule has 1 unspecified atom stereocenters. The molecule has 1 N–H and O–H groups in total. The molecule has 2 fully saturated rings. The molecule has 0 saturated carbocycles. The first-order valence-electron chi connectivity index (χ1n) is 11.2. The fourth-order valence-electron chi connectivity index (χ4n) is 4.85. The fourth-order valence-corrected chi connectivity index (χ4v) is 4.85. The zero-order valence-electron chi connectivity index (χ0n) is 18.9. The molecule has 0 bridgehead atoms. The smallest absolute Gasteiger partial charge is 0.321 e. The van der Waals surface area contributed by atoms with Crippen LogP contribution >= 0.6 is 0 Å². The summed E-state index contributed by atoms with van der Waals surface area (Å²) < 4.78 is 5.27. The zero-order valence-corrected chi connectivity index (χ0v) is 18.9. The maximum atomic E-state index is 13.1. The highest BCUT2D eigenvalue weighted by Gasteiger charge is 2.46. The van der Waals surface area contributed by atoms with Gasteiger partial charge in [0.15, 0.2) is 0 Å². The number of para-hydroxylation sites is 1. The number of carbonyl (C=O) groups excluding carboxylic acids is 2. The van der Waals surface area contributed by atoms with Gasteiger partial charge >= 0.3 is 6.03 Å². The fraction of sp³-hybridized carbons (Fsp3) is 0.440. The van der Waals surface area contributed by atoms with Crippen LogP contribution in [0.3, 0.4) is 0 Å². The summed E-state index contributed by atoms with van der Waals surface area (Å²) in [6.07, 6.45) is 0.481. The maximum absolute atomic E-state index is 13.1. The summed E-state index contributed by atoms with van der Waals surface area (Å²) in [4.78, 5) is 32.0. The van der Waals surface area contributed by atoms with Crippen molar-refractivity contribution in [2.45, 2.75) is 19.9 Å². The van der Waals surface area contributed by atoms with E-state index in [1.807, 2.05) is 59.2 Å². The molecule has 32 heavy (non-hydrogen) atoms. The predicted octanol–water partition coefficient (Wildman–Crippen LogP) is 3.28. The second-order valence-corrected chi connectivity index (χ2v) is 8.86. The first-order chi connectivity index (χ1) is 15.5. The quantitative estimate of drug-likeness (QED) is 0.781. The minimum atomic E-state index is -0.260. The van der Waals surface area contributed by atoms with Crippen LogP contribution in [0, 0.1) is 5.41 Å². The van der Waals surface area contributed by atoms with Crippen LogP contribution in [0.15, 0.2) is 54.6 Å². The molecule has 7 nitrogen and oxygen atoms in total. The van der Waals surface area contributed by atoms with E-state index in [2.05, 4.69) is 22.3 Å². The van der Waals surface area contributed by atoms with Crippen LogP contribution in [0.1, 0.15) is 18.9 Å². The molecule has 0 aromatic heterocycles. The Labute approximate surface area is 189 Å². The standard InChI is InChI=1S/C25H32N4O3/c1-3-28-18-25(15-23(28)30)17-27(16-20-9-11-22(32-2)12-10-20)13-14-29(19-25)24(31)26-21-7-5-4-6-8-21/h4-12H,3,13-19H2,1-2H3,(H,26,31). The van der Waals surface area contributed by atoms with E-state index in [9.17, 15) is 9.59 Å². The molecule has 2 heterocycles. The highest BCUT2D eigenvalue weighted by molar-refractivity contribution is 5.89. The Bertz CT molecular complexity index is 934. The van der Waals surface area contributed by atoms with Crippen molar-refractivity contribution in [1.82, 2.24) is 14.7 Å². The number of anilines is 1. The van der Waals surface area contributed by atoms with E-state index in [-0.39, 0.29) is 17.4 Å². The molecule has 7 heteroatoms. The van der Waals surface area contributed by atoms with Crippen molar-refractivity contribution in [3.05, 3.63) is 60.2 Å². The molecule has 0 aliphatic carbocycles. The normalized spacial score (nSPS) is 21.6. The van der Waals surface area contributed by atoms with E-state index in [0.717, 1.165) is 31.1 Å². The topological polar surface area (TPSA) is 65.1 Å². The van der Waals surface area contributed by atoms with Crippen molar-refractivity contribution in [1.29, 1.82) is 0 Å². The third-order valence-electron chi connectivity index (χ3n) is 6.44. The number of amides is 3. The van der Waals surface area contributed by atoms with E-state index in [0.29, 0.717) is 32.6 Å². The number of hydrogen-bond donors (Lipinski definition) is 1. The molecular weight excluding hydrogens is 404 g/mol. The number of rotatable bonds is 5. The number of urea groups is 1. The first kappa shape index (κ1) is 22.1. The molecule has 3 amide bonds. The van der Waals surface area contributed by atoms with Gasteiger partial charge in [-0.25, -0.2) is 4.79 Å². The van der Waals surface area contributed by atoms with Gasteiger partial charge in [-0.2, -0.15) is 0 Å². The number of hydrogen-bond acceptors (Lipinski definition) is 4. The average molecular weight is 437 g/mol. The van der Waals surface area contributed by atoms with E-state index < -0.39 is 0 Å². The van der Waals surface area contributed by atoms with Crippen LogP contribution in [0.5, 0.6) is 5.75 Å². The predicted molar refractivity (Wildman–Crippen MR) is 125 cm³/mol. The Morgan fingerprint density at radius 3 is 2.44 bits per heavy atom. The van der Waals surface area contributed by atoms with Crippen molar-refractivity contribution in [3.8, 4) is 5.75 Å². The summed E-state index contributed by atoms with van der Waals surface area (Å²) >= 11 is 0. The largest absolute Gasteiger partial charge is 0.497 e. The number of nitrogens with one attached hydrogen (secondary N) is 1. The second-order valence-electron chi connectivity index (χ2n) is 8.86. The van der Waals surface area contributed by atoms with Crippen molar-refractivity contribution in [2.24, 2.45) is 5.41 Å². The lowest BCUT2D eigenvalue weighted by Crippen LogP contribution is -2.45. The van der Waals surface area contributed by atoms with Gasteiger partial charge in [0.05, 0.1) is 7.11 Å². The third-order valence-corrected chi connectivity index (χ3v) is 6.44. The van der Waals surface area contributed by atoms with E-state index in [1.54, 1.807) is 7.11 Å². The Morgan fingerprint density at radius 2 is 1.78 bits per heavy atom. The Morgan fingerprint density at radius 1 is 1.03 bits per heavy atom. The Balaban J connectivity index is 1.52. The molecular formula is C25H32N4O3. The summed E-state index contributed by atoms with van der Waals surface area (Å²) in [5.41, 5.74) is 1.72. The van der Waals surface area contributed by atoms with Crippen LogP contribution < -0.4 is 10.1 Å². The maximum Gasteiger partial charge on any atom is 0.321 e. The van der Waals surface area contributed by atoms with Crippen LogP contribution in [0.25, 0.3) is 0 Å². The lowest BCUT2D eigenvalue weighted by molar-refractivity contribution is -0.127. The van der Waals surface area contributed by atoms with E-state index in [1.165, 1.54) is 5.56 Å². The van der Waals surface area contributed by atoms with Crippen LogP contribution in [0.2, 0.25) is 0 Å². The molecule has 2 aromatic rings. The van der Waals surface area contributed by atoms with E-state index in [4.69, 9.17) is 4.74 Å². The minimum Gasteiger partial charge on any atom is -0.497 e. The third kappa shape index (κ3) is 5.05. The van der Waals surface area contributed by atoms with E-state index >= 15 is 0 Å². The Hall–Kier alpha value is -3.06. The lowest BCUT2D eigenvalue weighted by Gasteiger charge is -2.33. The molecule has 2 aromatic carbocycles. The van der Waals surface area contributed by atoms with Gasteiger partial charge in [0.2, 0.25) is 5.91 Å². The molecule has 0 radical (unpaired) electrons. The van der Waals surface area contributed by atoms with Crippen LogP contribution in [0.4, 0.5) is 10.5 Å². The van der Waals surface area contributed by atoms with Gasteiger partial charge in [-0.15, -0.1) is 0 Å². The highest BCUT2D eigenvalue weighted by Crippen LogP contribution is 2.35.